The lowest BCUT2D eigenvalue weighted by atomic mass is 9.94. The molecule has 2 aromatic carbocycles. The summed E-state index contributed by atoms with van der Waals surface area (Å²) in [6.07, 6.45) is 6.22. The Morgan fingerprint density at radius 2 is 1.92 bits per heavy atom. The number of non-ortho nitro benzene ring substituents is 1. The highest BCUT2D eigenvalue weighted by atomic mass is 32.2. The standard InChI is InChI=1S/C24H27N7O6S2/c1-16-5-4-11-29(17(16)2)39(36,37)23-14-19(30(32)33)7-8-20(23)27-26-15-18-6-9-22(21(13-18)31(34)35)38-24-25-10-12-28(24)3/h6-10,12-17,27H,4-5,11H2,1-3H3/b26-15-/t16-,17-/m0/s1. The van der Waals surface area contributed by atoms with Gasteiger partial charge in [-0.3, -0.25) is 25.7 Å². The van der Waals surface area contributed by atoms with E-state index in [2.05, 4.69) is 15.5 Å². The molecule has 1 N–H and O–H groups in total. The summed E-state index contributed by atoms with van der Waals surface area (Å²) in [7, 11) is -2.30. The van der Waals surface area contributed by atoms with Crippen LogP contribution in [0.25, 0.3) is 0 Å². The minimum absolute atomic E-state index is 0.0544. The molecular weight excluding hydrogens is 546 g/mol. The van der Waals surface area contributed by atoms with E-state index in [1.807, 2.05) is 13.8 Å². The summed E-state index contributed by atoms with van der Waals surface area (Å²) in [6, 6.07) is 7.78. The number of aryl methyl sites for hydroxylation is 1. The Balaban J connectivity index is 1.62. The summed E-state index contributed by atoms with van der Waals surface area (Å²) >= 11 is 1.15. The van der Waals surface area contributed by atoms with Crippen LogP contribution in [-0.2, 0) is 17.1 Å². The Morgan fingerprint density at radius 1 is 1.15 bits per heavy atom. The highest BCUT2D eigenvalue weighted by molar-refractivity contribution is 7.99. The molecule has 0 bridgehead atoms. The number of hydrogen-bond donors (Lipinski definition) is 1. The number of nitrogens with one attached hydrogen (secondary N) is 1. The summed E-state index contributed by atoms with van der Waals surface area (Å²) in [6.45, 7) is 4.11. The van der Waals surface area contributed by atoms with Crippen LogP contribution in [0.5, 0.6) is 0 Å². The molecule has 1 aromatic heterocycles. The molecule has 0 aliphatic carbocycles. The topological polar surface area (TPSA) is 166 Å². The fourth-order valence-corrected chi connectivity index (χ4v) is 7.08. The van der Waals surface area contributed by atoms with Crippen molar-refractivity contribution in [3.05, 3.63) is 74.6 Å². The van der Waals surface area contributed by atoms with Crippen molar-refractivity contribution in [1.29, 1.82) is 0 Å². The zero-order chi connectivity index (χ0) is 28.3. The fourth-order valence-electron chi connectivity index (χ4n) is 4.26. The normalized spacial score (nSPS) is 18.3. The van der Waals surface area contributed by atoms with Gasteiger partial charge in [0.25, 0.3) is 11.4 Å². The SMILES string of the molecule is C[C@H]1CCCN(S(=O)(=O)c2cc([N+](=O)[O-])ccc2N/N=C\c2ccc(Sc3nccn3C)c([N+](=O)[O-])c2)[C@H]1C. The van der Waals surface area contributed by atoms with Gasteiger partial charge in [-0.25, -0.2) is 13.4 Å². The Bertz CT molecular complexity index is 1540. The average molecular weight is 574 g/mol. The van der Waals surface area contributed by atoms with Gasteiger partial charge < -0.3 is 4.57 Å². The van der Waals surface area contributed by atoms with E-state index < -0.39 is 19.9 Å². The number of aromatic nitrogens is 2. The lowest BCUT2D eigenvalue weighted by molar-refractivity contribution is -0.387. The second-order valence-corrected chi connectivity index (χ2v) is 12.1. The van der Waals surface area contributed by atoms with Crippen molar-refractivity contribution < 1.29 is 18.3 Å². The molecule has 206 valence electrons. The maximum Gasteiger partial charge on any atom is 0.283 e. The molecular formula is C24H27N7O6S2. The molecule has 1 aliphatic heterocycles. The second-order valence-electron chi connectivity index (χ2n) is 9.19. The third kappa shape index (κ3) is 6.10. The van der Waals surface area contributed by atoms with E-state index in [1.54, 1.807) is 36.1 Å². The lowest BCUT2D eigenvalue weighted by Crippen LogP contribution is -2.46. The van der Waals surface area contributed by atoms with Crippen molar-refractivity contribution in [3.8, 4) is 0 Å². The summed E-state index contributed by atoms with van der Waals surface area (Å²) in [5.41, 5.74) is 2.60. The first kappa shape index (κ1) is 28.2. The van der Waals surface area contributed by atoms with Gasteiger partial charge in [0.05, 0.1) is 26.6 Å². The molecule has 1 aliphatic rings. The Labute approximate surface area is 229 Å². The molecule has 0 amide bonds. The highest BCUT2D eigenvalue weighted by Crippen LogP contribution is 2.35. The molecule has 4 rings (SSSR count). The molecule has 1 saturated heterocycles. The maximum atomic E-state index is 13.6. The van der Waals surface area contributed by atoms with Gasteiger partial charge in [0, 0.05) is 55.8 Å². The number of piperidine rings is 1. The summed E-state index contributed by atoms with van der Waals surface area (Å²) in [5, 5.41) is 27.8. The molecule has 0 unspecified atom stereocenters. The van der Waals surface area contributed by atoms with Gasteiger partial charge in [-0.05, 0) is 49.6 Å². The molecule has 0 spiro atoms. The molecule has 3 aromatic rings. The van der Waals surface area contributed by atoms with Gasteiger partial charge in [0.2, 0.25) is 10.0 Å². The molecule has 1 fully saturated rings. The van der Waals surface area contributed by atoms with Crippen LogP contribution < -0.4 is 5.43 Å². The molecule has 0 radical (unpaired) electrons. The summed E-state index contributed by atoms with van der Waals surface area (Å²) in [4.78, 5) is 26.3. The van der Waals surface area contributed by atoms with Crippen LogP contribution in [0.3, 0.4) is 0 Å². The summed E-state index contributed by atoms with van der Waals surface area (Å²) in [5.74, 6) is 0.135. The van der Waals surface area contributed by atoms with Crippen molar-refractivity contribution >= 4 is 45.1 Å². The van der Waals surface area contributed by atoms with E-state index in [1.165, 1.54) is 28.7 Å². The number of nitro benzene ring substituents is 2. The van der Waals surface area contributed by atoms with Crippen molar-refractivity contribution in [2.75, 3.05) is 12.0 Å². The number of benzene rings is 2. The van der Waals surface area contributed by atoms with Crippen molar-refractivity contribution in [2.24, 2.45) is 18.1 Å². The van der Waals surface area contributed by atoms with Gasteiger partial charge >= 0.3 is 0 Å². The van der Waals surface area contributed by atoms with Gasteiger partial charge in [-0.15, -0.1) is 0 Å². The monoisotopic (exact) mass is 573 g/mol. The van der Waals surface area contributed by atoms with Crippen LogP contribution in [0.1, 0.15) is 32.3 Å². The van der Waals surface area contributed by atoms with E-state index in [9.17, 15) is 28.6 Å². The highest BCUT2D eigenvalue weighted by Gasteiger charge is 2.36. The first-order chi connectivity index (χ1) is 18.5. The van der Waals surface area contributed by atoms with Crippen LogP contribution in [0, 0.1) is 26.1 Å². The number of nitro groups is 2. The zero-order valence-corrected chi connectivity index (χ0v) is 23.1. The Kier molecular flexibility index (Phi) is 8.32. The first-order valence-electron chi connectivity index (χ1n) is 12.0. The van der Waals surface area contributed by atoms with Crippen molar-refractivity contribution in [2.45, 2.75) is 47.7 Å². The predicted molar refractivity (Wildman–Crippen MR) is 146 cm³/mol. The third-order valence-corrected chi connectivity index (χ3v) is 9.80. The molecule has 0 saturated carbocycles. The molecule has 13 nitrogen and oxygen atoms in total. The van der Waals surface area contributed by atoms with E-state index in [-0.39, 0.29) is 33.9 Å². The Morgan fingerprint density at radius 3 is 2.59 bits per heavy atom. The summed E-state index contributed by atoms with van der Waals surface area (Å²) < 4.78 is 30.3. The number of rotatable bonds is 9. The number of nitrogens with zero attached hydrogens (tertiary/aromatic N) is 6. The largest absolute Gasteiger partial charge is 0.329 e. The minimum Gasteiger partial charge on any atom is -0.329 e. The van der Waals surface area contributed by atoms with Crippen LogP contribution >= 0.6 is 11.8 Å². The first-order valence-corrected chi connectivity index (χ1v) is 14.3. The number of sulfonamides is 1. The van der Waals surface area contributed by atoms with E-state index in [0.29, 0.717) is 28.6 Å². The number of hydrazone groups is 1. The molecule has 15 heteroatoms. The smallest absolute Gasteiger partial charge is 0.283 e. The number of anilines is 1. The van der Waals surface area contributed by atoms with Crippen molar-refractivity contribution in [3.63, 3.8) is 0 Å². The van der Waals surface area contributed by atoms with Gasteiger partial charge in [0.15, 0.2) is 5.16 Å². The van der Waals surface area contributed by atoms with Crippen LogP contribution in [-0.4, -0.2) is 50.9 Å². The van der Waals surface area contributed by atoms with Crippen LogP contribution in [0.4, 0.5) is 17.1 Å². The van der Waals surface area contributed by atoms with Crippen molar-refractivity contribution in [1.82, 2.24) is 13.9 Å². The quantitative estimate of drug-likeness (QED) is 0.218. The lowest BCUT2D eigenvalue weighted by Gasteiger charge is -2.37. The van der Waals surface area contributed by atoms with E-state index in [4.69, 9.17) is 0 Å². The van der Waals surface area contributed by atoms with Gasteiger partial charge in [0.1, 0.15) is 4.90 Å². The van der Waals surface area contributed by atoms with Gasteiger partial charge in [-0.2, -0.15) is 9.41 Å². The minimum atomic E-state index is -4.09. The molecule has 2 atom stereocenters. The molecule has 39 heavy (non-hydrogen) atoms. The average Bonchev–Trinajstić information content (AvgIpc) is 3.30. The predicted octanol–water partition coefficient (Wildman–Crippen LogP) is 4.64. The maximum absolute atomic E-state index is 13.6. The number of hydrogen-bond acceptors (Lipinski definition) is 10. The fraction of sp³-hybridized carbons (Fsp3) is 0.333. The third-order valence-electron chi connectivity index (χ3n) is 6.63. The molecule has 2 heterocycles. The Hall–Kier alpha value is -3.82. The van der Waals surface area contributed by atoms with E-state index >= 15 is 0 Å². The van der Waals surface area contributed by atoms with Crippen LogP contribution in [0.15, 0.2) is 68.8 Å². The second kappa shape index (κ2) is 11.5. The zero-order valence-electron chi connectivity index (χ0n) is 21.4. The number of imidazole rings is 1. The van der Waals surface area contributed by atoms with Crippen LogP contribution in [0.2, 0.25) is 0 Å². The van der Waals surface area contributed by atoms with Gasteiger partial charge in [-0.1, -0.05) is 13.0 Å². The van der Waals surface area contributed by atoms with E-state index in [0.717, 1.165) is 24.2 Å².